The molecule has 0 aliphatic carbocycles. The van der Waals surface area contributed by atoms with Crippen molar-refractivity contribution in [2.24, 2.45) is 4.40 Å². The van der Waals surface area contributed by atoms with Gasteiger partial charge in [0.25, 0.3) is 21.8 Å². The van der Waals surface area contributed by atoms with Crippen LogP contribution in [-0.4, -0.2) is 67.9 Å². The second-order valence-electron chi connectivity index (χ2n) is 7.00. The van der Waals surface area contributed by atoms with Crippen molar-refractivity contribution in [2.45, 2.75) is 12.7 Å². The second kappa shape index (κ2) is 8.53. The number of nitrogens with one attached hydrogen (secondary N) is 1. The Morgan fingerprint density at radius 1 is 1.19 bits per heavy atom. The zero-order chi connectivity index (χ0) is 22.8. The van der Waals surface area contributed by atoms with Gasteiger partial charge in [-0.1, -0.05) is 12.1 Å². The molecule has 0 bridgehead atoms. The molecule has 0 aromatic heterocycles. The highest BCUT2D eigenvalue weighted by Gasteiger charge is 2.28. The van der Waals surface area contributed by atoms with Crippen LogP contribution in [0.5, 0.6) is 0 Å². The van der Waals surface area contributed by atoms with E-state index in [0.29, 0.717) is 11.1 Å². The predicted molar refractivity (Wildman–Crippen MR) is 106 cm³/mol. The fraction of sp³-hybridized carbons (Fsp3) is 0.316. The molecule has 0 radical (unpaired) electrons. The molecule has 2 heterocycles. The summed E-state index contributed by atoms with van der Waals surface area (Å²) in [6.07, 6.45) is 0.00561. The van der Waals surface area contributed by atoms with Crippen molar-refractivity contribution in [3.63, 3.8) is 0 Å². The number of likely N-dealkylation sites (N-methyl/N-ethyl adjacent to an activating group) is 1. The molecule has 0 saturated heterocycles. The Bertz CT molecular complexity index is 1080. The Balaban J connectivity index is 1.61. The summed E-state index contributed by atoms with van der Waals surface area (Å²) in [5.74, 6) is -1.03. The number of rotatable bonds is 5. The first-order valence-electron chi connectivity index (χ1n) is 9.12. The number of fused-ring (bicyclic) bond motifs is 1. The van der Waals surface area contributed by atoms with Crippen molar-refractivity contribution in [2.75, 3.05) is 25.9 Å². The minimum atomic E-state index is -4.49. The number of nitrogens with zero attached hydrogens (tertiary/aromatic N) is 3. The van der Waals surface area contributed by atoms with E-state index in [9.17, 15) is 31.2 Å². The van der Waals surface area contributed by atoms with Crippen LogP contribution in [0.1, 0.15) is 15.9 Å². The molecule has 12 heteroatoms. The van der Waals surface area contributed by atoms with Gasteiger partial charge in [-0.2, -0.15) is 13.2 Å². The van der Waals surface area contributed by atoms with Crippen molar-refractivity contribution < 1.29 is 31.2 Å². The van der Waals surface area contributed by atoms with E-state index < -0.39 is 28.7 Å². The molecule has 3 rings (SSSR count). The van der Waals surface area contributed by atoms with Crippen LogP contribution < -0.4 is 5.32 Å². The number of amidine groups is 1. The van der Waals surface area contributed by atoms with Crippen LogP contribution in [0.4, 0.5) is 13.2 Å². The first kappa shape index (κ1) is 22.5. The van der Waals surface area contributed by atoms with E-state index in [2.05, 4.69) is 4.40 Å². The Labute approximate surface area is 176 Å². The van der Waals surface area contributed by atoms with Gasteiger partial charge in [0.15, 0.2) is 0 Å². The van der Waals surface area contributed by atoms with Gasteiger partial charge < -0.3 is 15.1 Å². The fourth-order valence-corrected chi connectivity index (χ4v) is 3.91. The maximum absolute atomic E-state index is 12.7. The average Bonchev–Trinajstić information content (AvgIpc) is 2.70. The van der Waals surface area contributed by atoms with Gasteiger partial charge in [-0.15, -0.1) is 4.40 Å². The van der Waals surface area contributed by atoms with Gasteiger partial charge in [0.05, 0.1) is 11.3 Å². The normalized spacial score (nSPS) is 17.4. The molecular weight excluding hydrogens is 437 g/mol. The maximum Gasteiger partial charge on any atom is 0.405 e. The van der Waals surface area contributed by atoms with Crippen molar-refractivity contribution >= 4 is 27.7 Å². The van der Waals surface area contributed by atoms with Crippen LogP contribution >= 0.6 is 0 Å². The third-order valence-electron chi connectivity index (χ3n) is 4.50. The number of carbonyl (C=O) groups is 2. The Hall–Kier alpha value is -3.15. The number of carbonyl (C=O) groups excluding carboxylic acids is 2. The Morgan fingerprint density at radius 3 is 2.52 bits per heavy atom. The number of alkyl halides is 3. The van der Waals surface area contributed by atoms with E-state index in [4.69, 9.17) is 0 Å². The van der Waals surface area contributed by atoms with Crippen LogP contribution in [0.2, 0.25) is 0 Å². The molecule has 8 nitrogen and oxygen atoms in total. The lowest BCUT2D eigenvalue weighted by Crippen LogP contribution is -2.38. The highest BCUT2D eigenvalue weighted by atomic mass is 32.2. The standard InChI is InChI=1S/C19H19F3N4O4S/c1-25(10-13-2-4-14(5-3-13)17(27)23-12-19(20,21)22)18(28)15-6-7-16-24-31(29,30)9-8-26(16)11-15/h2-7,11H,8-10,12H2,1H3,(H,23,27). The minimum absolute atomic E-state index is 0.0757. The summed E-state index contributed by atoms with van der Waals surface area (Å²) in [6.45, 7) is -1.02. The molecule has 1 aromatic carbocycles. The van der Waals surface area contributed by atoms with Gasteiger partial charge in [0, 0.05) is 31.9 Å². The number of amides is 2. The smallest absolute Gasteiger partial charge is 0.343 e. The summed E-state index contributed by atoms with van der Waals surface area (Å²) in [5, 5.41) is 1.79. The molecule has 31 heavy (non-hydrogen) atoms. The van der Waals surface area contributed by atoms with Crippen LogP contribution in [0.25, 0.3) is 0 Å². The van der Waals surface area contributed by atoms with E-state index in [0.717, 1.165) is 0 Å². The van der Waals surface area contributed by atoms with Crippen molar-refractivity contribution in [1.82, 2.24) is 15.1 Å². The molecule has 0 fully saturated rings. The SMILES string of the molecule is CN(Cc1ccc(C(=O)NCC(F)(F)F)cc1)C(=O)C1=CN2CCS(=O)(=O)N=C2C=C1. The lowest BCUT2D eigenvalue weighted by molar-refractivity contribution is -0.126. The van der Waals surface area contributed by atoms with Crippen molar-refractivity contribution in [3.05, 3.63) is 59.3 Å². The predicted octanol–water partition coefficient (Wildman–Crippen LogP) is 1.43. The topological polar surface area (TPSA) is 99.1 Å². The first-order chi connectivity index (χ1) is 14.4. The Kier molecular flexibility index (Phi) is 6.20. The molecule has 1 aromatic rings. The van der Waals surface area contributed by atoms with Crippen LogP contribution in [0.3, 0.4) is 0 Å². The summed E-state index contributed by atoms with van der Waals surface area (Å²) in [7, 11) is -1.91. The van der Waals surface area contributed by atoms with E-state index in [1.54, 1.807) is 35.6 Å². The molecule has 2 aliphatic heterocycles. The molecule has 0 spiro atoms. The van der Waals surface area contributed by atoms with Gasteiger partial charge in [0.2, 0.25) is 0 Å². The molecular formula is C19H19F3N4O4S. The van der Waals surface area contributed by atoms with Gasteiger partial charge in [-0.3, -0.25) is 9.59 Å². The van der Waals surface area contributed by atoms with E-state index in [-0.39, 0.29) is 36.1 Å². The van der Waals surface area contributed by atoms with Crippen LogP contribution in [-0.2, 0) is 21.4 Å². The highest BCUT2D eigenvalue weighted by molar-refractivity contribution is 7.90. The second-order valence-corrected chi connectivity index (χ2v) is 8.76. The lowest BCUT2D eigenvalue weighted by Gasteiger charge is -2.28. The van der Waals surface area contributed by atoms with Crippen LogP contribution in [0.15, 0.2) is 52.6 Å². The molecule has 2 amide bonds. The largest absolute Gasteiger partial charge is 0.405 e. The number of halogens is 3. The first-order valence-corrected chi connectivity index (χ1v) is 10.7. The third-order valence-corrected chi connectivity index (χ3v) is 5.67. The summed E-state index contributed by atoms with van der Waals surface area (Å²) in [4.78, 5) is 27.5. The van der Waals surface area contributed by atoms with Gasteiger partial charge in [-0.25, -0.2) is 8.42 Å². The van der Waals surface area contributed by atoms with Gasteiger partial charge >= 0.3 is 6.18 Å². The summed E-state index contributed by atoms with van der Waals surface area (Å²) >= 11 is 0. The minimum Gasteiger partial charge on any atom is -0.343 e. The monoisotopic (exact) mass is 456 g/mol. The fourth-order valence-electron chi connectivity index (χ4n) is 2.94. The third kappa shape index (κ3) is 5.94. The van der Waals surface area contributed by atoms with Crippen LogP contribution in [0, 0.1) is 0 Å². The molecule has 1 N–H and O–H groups in total. The van der Waals surface area contributed by atoms with Crippen molar-refractivity contribution in [3.8, 4) is 0 Å². The highest BCUT2D eigenvalue weighted by Crippen LogP contribution is 2.18. The van der Waals surface area contributed by atoms with Gasteiger partial charge in [0.1, 0.15) is 12.4 Å². The van der Waals surface area contributed by atoms with E-state index in [1.165, 1.54) is 29.2 Å². The number of hydrogen-bond donors (Lipinski definition) is 1. The summed E-state index contributed by atoms with van der Waals surface area (Å²) in [5.41, 5.74) is 1.10. The zero-order valence-corrected chi connectivity index (χ0v) is 17.2. The van der Waals surface area contributed by atoms with E-state index in [1.807, 2.05) is 0 Å². The molecule has 0 unspecified atom stereocenters. The zero-order valence-electron chi connectivity index (χ0n) is 16.4. The number of sulfonamides is 1. The molecule has 166 valence electrons. The number of benzene rings is 1. The molecule has 2 aliphatic rings. The molecule has 0 saturated carbocycles. The quantitative estimate of drug-likeness (QED) is 0.723. The Morgan fingerprint density at radius 2 is 1.87 bits per heavy atom. The van der Waals surface area contributed by atoms with E-state index >= 15 is 0 Å². The average molecular weight is 456 g/mol. The number of hydrogen-bond acceptors (Lipinski definition) is 5. The summed E-state index contributed by atoms with van der Waals surface area (Å²) < 4.78 is 63.4. The van der Waals surface area contributed by atoms with Crippen molar-refractivity contribution in [1.29, 1.82) is 0 Å². The molecule has 0 atom stereocenters. The summed E-state index contributed by atoms with van der Waals surface area (Å²) in [6, 6.07) is 5.88. The maximum atomic E-state index is 12.7. The van der Waals surface area contributed by atoms with Gasteiger partial charge in [-0.05, 0) is 29.8 Å². The lowest BCUT2D eigenvalue weighted by atomic mass is 10.1.